The molecule has 2 aliphatic carbocycles. The third-order valence-corrected chi connectivity index (χ3v) is 6.30. The first-order chi connectivity index (χ1) is 16.9. The van der Waals surface area contributed by atoms with E-state index in [0.717, 1.165) is 29.5 Å². The highest BCUT2D eigenvalue weighted by atomic mass is 16.5. The van der Waals surface area contributed by atoms with Crippen molar-refractivity contribution in [3.8, 4) is 28.4 Å². The molecule has 0 spiro atoms. The fourth-order valence-electron chi connectivity index (χ4n) is 4.54. The molecule has 3 N–H and O–H groups in total. The highest BCUT2D eigenvalue weighted by Gasteiger charge is 2.29. The van der Waals surface area contributed by atoms with Gasteiger partial charge in [-0.15, -0.1) is 0 Å². The summed E-state index contributed by atoms with van der Waals surface area (Å²) in [6.45, 7) is 1.46. The van der Waals surface area contributed by atoms with Crippen LogP contribution in [0.25, 0.3) is 11.1 Å². The van der Waals surface area contributed by atoms with Crippen LogP contribution in [-0.4, -0.2) is 45.7 Å². The number of amides is 2. The Morgan fingerprint density at radius 3 is 2.34 bits per heavy atom. The lowest BCUT2D eigenvalue weighted by atomic mass is 9.95. The van der Waals surface area contributed by atoms with E-state index in [2.05, 4.69) is 16.0 Å². The van der Waals surface area contributed by atoms with Crippen LogP contribution in [-0.2, 0) is 16.0 Å². The van der Waals surface area contributed by atoms with Gasteiger partial charge in [-0.1, -0.05) is 6.07 Å². The normalized spacial score (nSPS) is 16.2. The van der Waals surface area contributed by atoms with Crippen LogP contribution in [0.5, 0.6) is 17.2 Å². The minimum Gasteiger partial charge on any atom is -0.493 e. The van der Waals surface area contributed by atoms with E-state index in [4.69, 9.17) is 14.2 Å². The molecular formula is C26H31N3O6. The Morgan fingerprint density at radius 2 is 1.71 bits per heavy atom. The van der Waals surface area contributed by atoms with E-state index in [1.165, 1.54) is 13.0 Å². The van der Waals surface area contributed by atoms with Crippen LogP contribution in [0.4, 0.5) is 5.69 Å². The lowest BCUT2D eigenvalue weighted by Gasteiger charge is -2.19. The first kappa shape index (κ1) is 24.4. The van der Waals surface area contributed by atoms with Gasteiger partial charge in [-0.3, -0.25) is 14.4 Å². The van der Waals surface area contributed by atoms with E-state index in [1.807, 2.05) is 12.1 Å². The first-order valence-corrected chi connectivity index (χ1v) is 11.7. The minimum absolute atomic E-state index is 0.000471. The summed E-state index contributed by atoms with van der Waals surface area (Å²) in [4.78, 5) is 37.4. The molecule has 1 atom stereocenters. The van der Waals surface area contributed by atoms with E-state index in [9.17, 15) is 14.4 Å². The molecule has 2 aromatic rings. The van der Waals surface area contributed by atoms with Crippen LogP contribution in [0.1, 0.15) is 43.4 Å². The maximum Gasteiger partial charge on any atom is 0.239 e. The molecule has 0 aromatic heterocycles. The van der Waals surface area contributed by atoms with Crippen molar-refractivity contribution in [1.29, 1.82) is 0 Å². The standard InChI is InChI=1S/C26H31N3O6/c1-14(30)28-19-9-5-15-11-22(33-2)25(34-3)26(35-4)24(15)17-8-10-20(21(31)12-18(17)19)27-13-23(32)29-16-6-7-16/h8,10-12,16,19H,5-7,9,13H2,1-4H3,(H,27,31)(H,28,30)(H,29,32)/t19-/m0/s1. The SMILES string of the molecule is COc1cc2c(c(OC)c1OC)-c1ccc(NCC(=O)NC3CC3)c(=O)cc1[C@@H](NC(C)=O)CC2. The van der Waals surface area contributed by atoms with Crippen molar-refractivity contribution in [2.75, 3.05) is 33.2 Å². The predicted octanol–water partition coefficient (Wildman–Crippen LogP) is 2.55. The molecule has 1 fully saturated rings. The van der Waals surface area contributed by atoms with Crippen LogP contribution in [0, 0.1) is 0 Å². The second kappa shape index (κ2) is 10.2. The number of methoxy groups -OCH3 is 3. The molecule has 186 valence electrons. The molecule has 35 heavy (non-hydrogen) atoms. The number of aryl methyl sites for hydroxylation is 1. The van der Waals surface area contributed by atoms with Crippen LogP contribution < -0.4 is 35.6 Å². The Hall–Kier alpha value is -3.75. The molecule has 0 saturated heterocycles. The zero-order valence-electron chi connectivity index (χ0n) is 20.4. The Labute approximate surface area is 204 Å². The number of carbonyl (C=O) groups is 2. The van der Waals surface area contributed by atoms with Crippen molar-refractivity contribution < 1.29 is 23.8 Å². The molecular weight excluding hydrogens is 450 g/mol. The maximum absolute atomic E-state index is 13.2. The summed E-state index contributed by atoms with van der Waals surface area (Å²) in [5, 5.41) is 8.85. The Kier molecular flexibility index (Phi) is 7.14. The summed E-state index contributed by atoms with van der Waals surface area (Å²) in [5.41, 5.74) is 3.16. The van der Waals surface area contributed by atoms with Gasteiger partial charge >= 0.3 is 0 Å². The average Bonchev–Trinajstić information content (AvgIpc) is 3.67. The van der Waals surface area contributed by atoms with Crippen molar-refractivity contribution in [3.05, 3.63) is 45.6 Å². The Morgan fingerprint density at radius 1 is 0.971 bits per heavy atom. The second-order valence-electron chi connectivity index (χ2n) is 8.79. The van der Waals surface area contributed by atoms with Crippen LogP contribution in [0.15, 0.2) is 29.1 Å². The number of rotatable bonds is 8. The number of carbonyl (C=O) groups excluding carboxylic acids is 2. The summed E-state index contributed by atoms with van der Waals surface area (Å²) in [6, 6.07) is 6.79. The number of benzene rings is 1. The third kappa shape index (κ3) is 5.18. The van der Waals surface area contributed by atoms with E-state index in [1.54, 1.807) is 27.4 Å². The quantitative estimate of drug-likeness (QED) is 0.531. The van der Waals surface area contributed by atoms with Gasteiger partial charge in [0.15, 0.2) is 11.5 Å². The van der Waals surface area contributed by atoms with Crippen LogP contribution >= 0.6 is 0 Å². The summed E-state index contributed by atoms with van der Waals surface area (Å²) in [7, 11) is 4.66. The minimum atomic E-state index is -0.386. The molecule has 0 unspecified atom stereocenters. The molecule has 0 heterocycles. The van der Waals surface area contributed by atoms with E-state index < -0.39 is 0 Å². The fourth-order valence-corrected chi connectivity index (χ4v) is 4.54. The van der Waals surface area contributed by atoms with Crippen LogP contribution in [0.3, 0.4) is 0 Å². The lowest BCUT2D eigenvalue weighted by molar-refractivity contribution is -0.120. The average molecular weight is 482 g/mol. The lowest BCUT2D eigenvalue weighted by Crippen LogP contribution is -2.32. The summed E-state index contributed by atoms with van der Waals surface area (Å²) >= 11 is 0. The van der Waals surface area contributed by atoms with Crippen molar-refractivity contribution >= 4 is 17.5 Å². The molecule has 1 saturated carbocycles. The number of hydrogen-bond acceptors (Lipinski definition) is 7. The number of fused-ring (bicyclic) bond motifs is 3. The molecule has 9 heteroatoms. The van der Waals surface area contributed by atoms with Crippen molar-refractivity contribution in [2.45, 2.75) is 44.7 Å². The zero-order chi connectivity index (χ0) is 25.1. The van der Waals surface area contributed by atoms with Gasteiger partial charge in [-0.05, 0) is 60.6 Å². The van der Waals surface area contributed by atoms with Gasteiger partial charge in [-0.2, -0.15) is 0 Å². The third-order valence-electron chi connectivity index (χ3n) is 6.30. The Balaban J connectivity index is 1.85. The second-order valence-corrected chi connectivity index (χ2v) is 8.79. The fraction of sp³-hybridized carbons (Fsp3) is 0.423. The number of ether oxygens (including phenoxy) is 3. The van der Waals surface area contributed by atoms with E-state index in [-0.39, 0.29) is 35.9 Å². The van der Waals surface area contributed by atoms with Gasteiger partial charge in [0.1, 0.15) is 0 Å². The summed E-state index contributed by atoms with van der Waals surface area (Å²) in [6.07, 6.45) is 3.18. The van der Waals surface area contributed by atoms with Crippen molar-refractivity contribution in [2.24, 2.45) is 0 Å². The number of hydrogen-bond donors (Lipinski definition) is 3. The predicted molar refractivity (Wildman–Crippen MR) is 132 cm³/mol. The van der Waals surface area contributed by atoms with E-state index >= 15 is 0 Å². The monoisotopic (exact) mass is 481 g/mol. The maximum atomic E-state index is 13.2. The molecule has 2 aromatic carbocycles. The van der Waals surface area contributed by atoms with Crippen LogP contribution in [0.2, 0.25) is 0 Å². The van der Waals surface area contributed by atoms with Gasteiger partial charge in [0, 0.05) is 18.5 Å². The van der Waals surface area contributed by atoms with E-state index in [0.29, 0.717) is 41.3 Å². The zero-order valence-corrected chi connectivity index (χ0v) is 20.4. The molecule has 9 nitrogen and oxygen atoms in total. The molecule has 0 radical (unpaired) electrons. The summed E-state index contributed by atoms with van der Waals surface area (Å²) in [5.74, 6) is 1.13. The van der Waals surface area contributed by atoms with Gasteiger partial charge in [0.2, 0.25) is 23.0 Å². The smallest absolute Gasteiger partial charge is 0.239 e. The first-order valence-electron chi connectivity index (χ1n) is 11.7. The molecule has 0 bridgehead atoms. The highest BCUT2D eigenvalue weighted by Crippen LogP contribution is 2.50. The van der Waals surface area contributed by atoms with Gasteiger partial charge in [-0.25, -0.2) is 0 Å². The largest absolute Gasteiger partial charge is 0.493 e. The summed E-state index contributed by atoms with van der Waals surface area (Å²) < 4.78 is 16.9. The van der Waals surface area contributed by atoms with Gasteiger partial charge in [0.05, 0.1) is 39.6 Å². The molecule has 2 aliphatic rings. The number of anilines is 1. The highest BCUT2D eigenvalue weighted by molar-refractivity contribution is 5.84. The van der Waals surface area contributed by atoms with Crippen molar-refractivity contribution in [3.63, 3.8) is 0 Å². The van der Waals surface area contributed by atoms with Crippen molar-refractivity contribution in [1.82, 2.24) is 10.6 Å². The van der Waals surface area contributed by atoms with Gasteiger partial charge in [0.25, 0.3) is 0 Å². The molecule has 2 amide bonds. The van der Waals surface area contributed by atoms with Gasteiger partial charge < -0.3 is 30.2 Å². The molecule has 0 aliphatic heterocycles. The molecule has 4 rings (SSSR count). The topological polar surface area (TPSA) is 115 Å². The number of nitrogens with one attached hydrogen (secondary N) is 3. The Bertz CT molecular complexity index is 1210.